The van der Waals surface area contributed by atoms with E-state index in [-0.39, 0.29) is 12.1 Å². The Morgan fingerprint density at radius 1 is 1.14 bits per heavy atom. The molecule has 1 aliphatic heterocycles. The topological polar surface area (TPSA) is 21.3 Å². The fraction of sp³-hybridized carbons (Fsp3) is 0.250. The normalized spacial score (nSPS) is 20.8. The van der Waals surface area contributed by atoms with Gasteiger partial charge in [-0.15, -0.1) is 0 Å². The van der Waals surface area contributed by atoms with Crippen molar-refractivity contribution in [3.63, 3.8) is 0 Å². The summed E-state index contributed by atoms with van der Waals surface area (Å²) in [5.41, 5.74) is 2.13. The van der Waals surface area contributed by atoms with Crippen LogP contribution < -0.4 is 10.1 Å². The largest absolute Gasteiger partial charge is 0.485 e. The van der Waals surface area contributed by atoms with Crippen molar-refractivity contribution in [2.24, 2.45) is 0 Å². The highest BCUT2D eigenvalue weighted by molar-refractivity contribution is 9.10. The first-order valence-electron chi connectivity index (χ1n) is 6.67. The van der Waals surface area contributed by atoms with E-state index in [1.54, 1.807) is 6.07 Å². The summed E-state index contributed by atoms with van der Waals surface area (Å²) in [6.45, 7) is 0. The third-order valence-corrected chi connectivity index (χ3v) is 4.78. The Bertz CT molecular complexity index is 677. The van der Waals surface area contributed by atoms with Gasteiger partial charge >= 0.3 is 0 Å². The number of nitrogens with one attached hydrogen (secondary N) is 1. The van der Waals surface area contributed by atoms with Crippen molar-refractivity contribution in [2.45, 2.75) is 18.6 Å². The Labute approximate surface area is 142 Å². The first kappa shape index (κ1) is 15.2. The smallest absolute Gasteiger partial charge is 0.127 e. The Morgan fingerprint density at radius 2 is 1.90 bits per heavy atom. The summed E-state index contributed by atoms with van der Waals surface area (Å²) < 4.78 is 7.15. The number of benzene rings is 2. The van der Waals surface area contributed by atoms with Crippen LogP contribution in [0.25, 0.3) is 0 Å². The summed E-state index contributed by atoms with van der Waals surface area (Å²) in [6, 6.07) is 11.9. The molecule has 0 saturated carbocycles. The quantitative estimate of drug-likeness (QED) is 0.731. The molecule has 0 aromatic heterocycles. The van der Waals surface area contributed by atoms with Gasteiger partial charge in [0.2, 0.25) is 0 Å². The Kier molecular flexibility index (Phi) is 4.46. The van der Waals surface area contributed by atoms with Crippen molar-refractivity contribution in [3.05, 3.63) is 62.0 Å². The van der Waals surface area contributed by atoms with E-state index in [1.165, 1.54) is 5.56 Å². The predicted octanol–water partition coefficient (Wildman–Crippen LogP) is 5.54. The van der Waals surface area contributed by atoms with E-state index in [0.717, 1.165) is 22.2 Å². The molecule has 1 N–H and O–H groups in total. The zero-order chi connectivity index (χ0) is 15.0. The van der Waals surface area contributed by atoms with Crippen molar-refractivity contribution < 1.29 is 4.74 Å². The van der Waals surface area contributed by atoms with Gasteiger partial charge in [-0.1, -0.05) is 51.3 Å². The molecular weight excluding hydrogens is 373 g/mol. The monoisotopic (exact) mass is 385 g/mol. The van der Waals surface area contributed by atoms with E-state index < -0.39 is 0 Å². The highest BCUT2D eigenvalue weighted by Crippen LogP contribution is 2.43. The summed E-state index contributed by atoms with van der Waals surface area (Å²) in [5, 5.41) is 4.62. The van der Waals surface area contributed by atoms with Gasteiger partial charge in [-0.2, -0.15) is 0 Å². The van der Waals surface area contributed by atoms with Gasteiger partial charge in [0.05, 0.1) is 0 Å². The average Bonchev–Trinajstić information content (AvgIpc) is 2.45. The molecule has 0 aliphatic carbocycles. The molecule has 110 valence electrons. The molecule has 0 radical (unpaired) electrons. The van der Waals surface area contributed by atoms with Crippen LogP contribution in [0.5, 0.6) is 5.75 Å². The molecule has 1 aliphatic rings. The Hall–Kier alpha value is -0.740. The van der Waals surface area contributed by atoms with Crippen LogP contribution in [0.3, 0.4) is 0 Å². The van der Waals surface area contributed by atoms with Gasteiger partial charge in [-0.05, 0) is 31.3 Å². The van der Waals surface area contributed by atoms with Crippen LogP contribution in [-0.4, -0.2) is 7.05 Å². The van der Waals surface area contributed by atoms with Crippen molar-refractivity contribution in [3.8, 4) is 5.75 Å². The van der Waals surface area contributed by atoms with Gasteiger partial charge in [0, 0.05) is 38.1 Å². The van der Waals surface area contributed by atoms with Crippen LogP contribution in [0.1, 0.15) is 29.7 Å². The maximum absolute atomic E-state index is 6.32. The lowest BCUT2D eigenvalue weighted by Gasteiger charge is -2.33. The van der Waals surface area contributed by atoms with Crippen LogP contribution in [0.4, 0.5) is 0 Å². The number of hydrogen-bond donors (Lipinski definition) is 1. The van der Waals surface area contributed by atoms with E-state index in [1.807, 2.05) is 31.3 Å². The van der Waals surface area contributed by atoms with Crippen LogP contribution in [0.15, 0.2) is 40.9 Å². The molecule has 3 rings (SSSR count). The molecule has 2 aromatic carbocycles. The van der Waals surface area contributed by atoms with Gasteiger partial charge < -0.3 is 10.1 Å². The van der Waals surface area contributed by atoms with E-state index in [0.29, 0.717) is 10.0 Å². The van der Waals surface area contributed by atoms with Crippen molar-refractivity contribution >= 4 is 39.1 Å². The Balaban J connectivity index is 1.99. The standard InChI is InChI=1S/C16H14BrCl2NO/c1-20-14-8-16(11-5-3-10(18)7-13(11)19)21-15-6-9(17)2-4-12(14)15/h2-7,14,16,20H,8H2,1H3. The van der Waals surface area contributed by atoms with Crippen LogP contribution in [0, 0.1) is 0 Å². The molecule has 5 heteroatoms. The van der Waals surface area contributed by atoms with Gasteiger partial charge in [-0.25, -0.2) is 0 Å². The summed E-state index contributed by atoms with van der Waals surface area (Å²) >= 11 is 15.8. The number of halogens is 3. The second-order valence-electron chi connectivity index (χ2n) is 5.03. The molecule has 0 fully saturated rings. The minimum absolute atomic E-state index is 0.0889. The maximum atomic E-state index is 6.32. The molecule has 2 unspecified atom stereocenters. The molecule has 0 bridgehead atoms. The highest BCUT2D eigenvalue weighted by Gasteiger charge is 2.29. The molecule has 21 heavy (non-hydrogen) atoms. The first-order valence-corrected chi connectivity index (χ1v) is 8.21. The SMILES string of the molecule is CNC1CC(c2ccc(Cl)cc2Cl)Oc2cc(Br)ccc21. The average molecular weight is 387 g/mol. The summed E-state index contributed by atoms with van der Waals surface area (Å²) in [6.07, 6.45) is 0.737. The first-order chi connectivity index (χ1) is 10.1. The van der Waals surface area contributed by atoms with E-state index in [4.69, 9.17) is 27.9 Å². The van der Waals surface area contributed by atoms with Crippen molar-refractivity contribution in [1.29, 1.82) is 0 Å². The Morgan fingerprint density at radius 3 is 2.62 bits per heavy atom. The highest BCUT2D eigenvalue weighted by atomic mass is 79.9. The van der Waals surface area contributed by atoms with E-state index in [9.17, 15) is 0 Å². The maximum Gasteiger partial charge on any atom is 0.127 e. The predicted molar refractivity (Wildman–Crippen MR) is 90.4 cm³/mol. The minimum atomic E-state index is -0.0889. The minimum Gasteiger partial charge on any atom is -0.485 e. The summed E-state index contributed by atoms with van der Waals surface area (Å²) in [4.78, 5) is 0. The van der Waals surface area contributed by atoms with Gasteiger partial charge in [0.1, 0.15) is 11.9 Å². The number of hydrogen-bond acceptors (Lipinski definition) is 2. The second-order valence-corrected chi connectivity index (χ2v) is 6.79. The van der Waals surface area contributed by atoms with Crippen LogP contribution in [-0.2, 0) is 0 Å². The molecule has 0 amide bonds. The molecule has 2 atom stereocenters. The van der Waals surface area contributed by atoms with Crippen LogP contribution >= 0.6 is 39.1 Å². The molecular formula is C16H14BrCl2NO. The van der Waals surface area contributed by atoms with Crippen molar-refractivity contribution in [1.82, 2.24) is 5.32 Å². The molecule has 2 aromatic rings. The summed E-state index contributed by atoms with van der Waals surface area (Å²) in [7, 11) is 1.96. The lowest BCUT2D eigenvalue weighted by atomic mass is 9.93. The molecule has 0 saturated heterocycles. The number of fused-ring (bicyclic) bond motifs is 1. The molecule has 1 heterocycles. The van der Waals surface area contributed by atoms with Gasteiger partial charge in [0.15, 0.2) is 0 Å². The third-order valence-electron chi connectivity index (χ3n) is 3.73. The lowest BCUT2D eigenvalue weighted by molar-refractivity contribution is 0.154. The third kappa shape index (κ3) is 3.07. The molecule has 2 nitrogen and oxygen atoms in total. The zero-order valence-corrected chi connectivity index (χ0v) is 14.5. The van der Waals surface area contributed by atoms with Gasteiger partial charge in [0.25, 0.3) is 0 Å². The number of rotatable bonds is 2. The fourth-order valence-corrected chi connectivity index (χ4v) is 3.54. The van der Waals surface area contributed by atoms with E-state index in [2.05, 4.69) is 27.3 Å². The van der Waals surface area contributed by atoms with E-state index >= 15 is 0 Å². The number of ether oxygens (including phenoxy) is 1. The van der Waals surface area contributed by atoms with Gasteiger partial charge in [-0.3, -0.25) is 0 Å². The fourth-order valence-electron chi connectivity index (χ4n) is 2.67. The summed E-state index contributed by atoms with van der Waals surface area (Å²) in [5.74, 6) is 0.881. The zero-order valence-electron chi connectivity index (χ0n) is 11.4. The van der Waals surface area contributed by atoms with Crippen LogP contribution in [0.2, 0.25) is 10.0 Å². The second kappa shape index (κ2) is 6.17. The van der Waals surface area contributed by atoms with Crippen molar-refractivity contribution in [2.75, 3.05) is 7.05 Å². The lowest BCUT2D eigenvalue weighted by Crippen LogP contribution is -2.26. The molecule has 0 spiro atoms.